The Bertz CT molecular complexity index is 6400. The summed E-state index contributed by atoms with van der Waals surface area (Å²) in [5.41, 5.74) is 11.1. The molecule has 8 amide bonds. The second-order valence-electron chi connectivity index (χ2n) is 38.4. The van der Waals surface area contributed by atoms with Gasteiger partial charge in [0.1, 0.15) is 68.7 Å². The average molecular weight is 1880 g/mol. The highest BCUT2D eigenvalue weighted by molar-refractivity contribution is 6.00. The van der Waals surface area contributed by atoms with Crippen LogP contribution >= 0.6 is 0 Å². The van der Waals surface area contributed by atoms with Crippen LogP contribution in [0.2, 0.25) is 0 Å². The Morgan fingerprint density at radius 1 is 0.358 bits per heavy atom. The van der Waals surface area contributed by atoms with Crippen LogP contribution in [0, 0.1) is 28.7 Å². The number of pyridine rings is 4. The molecular weight excluding hydrogens is 1770 g/mol. The molecule has 5 aliphatic heterocycles. The Hall–Kier alpha value is -13.1. The van der Waals surface area contributed by atoms with Crippen molar-refractivity contribution in [1.82, 2.24) is 59.1 Å². The maximum Gasteiger partial charge on any atom is 0.289 e. The number of carbonyl (C=O) groups is 8. The van der Waals surface area contributed by atoms with Crippen molar-refractivity contribution in [3.63, 3.8) is 0 Å². The average Bonchev–Trinajstić information content (AvgIpc) is 1.65. The van der Waals surface area contributed by atoms with E-state index in [2.05, 4.69) is 19.9 Å². The number of furan rings is 4. The van der Waals surface area contributed by atoms with Crippen molar-refractivity contribution in [3.8, 4) is 45.0 Å². The number of aliphatic hydroxyl groups is 4. The van der Waals surface area contributed by atoms with Gasteiger partial charge in [-0.2, -0.15) is 0 Å². The number of aliphatic hydroxyl groups excluding tert-OH is 2. The van der Waals surface area contributed by atoms with E-state index in [0.29, 0.717) is 192 Å². The van der Waals surface area contributed by atoms with Gasteiger partial charge in [0.2, 0.25) is 0 Å². The number of aromatic nitrogens is 4. The van der Waals surface area contributed by atoms with Crippen LogP contribution in [0.4, 0.5) is 17.6 Å². The highest BCUT2D eigenvalue weighted by Crippen LogP contribution is 2.39. The van der Waals surface area contributed by atoms with Gasteiger partial charge in [0.25, 0.3) is 47.3 Å². The molecule has 5 aliphatic rings. The molecule has 724 valence electrons. The zero-order valence-corrected chi connectivity index (χ0v) is 79.6. The van der Waals surface area contributed by atoms with E-state index in [1.54, 1.807) is 112 Å². The molecule has 5 saturated heterocycles. The molecule has 13 heterocycles. The number of hydrogen-bond donors (Lipinski definition) is 4. The number of halogens is 4. The summed E-state index contributed by atoms with van der Waals surface area (Å²) in [5, 5.41) is 40.5. The SMILES string of the molecule is CC(C)c1cc(-c2ccc(F)cc2)nc2cc(C(=O)N3CCN(C(=O)C(C)(C)O)CC3)oc12.CC(C)c1cc(-c2ccc(F)cc2)nc2cc(C(=O)N3CCN(C(=O)C4(O)CCOCC4)CC3)oc12.CC(C)c1cc(-c2ccc(F)cc2)nc2cc(C(=O)N3CCN(C(=O)[C@@H](C)O)CC3)oc12.CC(C)c1cc(-c2ccc(F)cc2)nc2cc(C(=O)N3CCN(C(=O)[C@H](O)CC(C)(C)C)CC3)oc12. The van der Waals surface area contributed by atoms with E-state index in [9.17, 15) is 76.3 Å². The van der Waals surface area contributed by atoms with Gasteiger partial charge in [-0.15, -0.1) is 0 Å². The van der Waals surface area contributed by atoms with Crippen LogP contribution in [0.5, 0.6) is 0 Å². The van der Waals surface area contributed by atoms with E-state index >= 15 is 0 Å². The molecule has 4 aromatic carbocycles. The lowest BCUT2D eigenvalue weighted by Crippen LogP contribution is -2.58. The fourth-order valence-electron chi connectivity index (χ4n) is 17.3. The van der Waals surface area contributed by atoms with Crippen molar-refractivity contribution in [1.29, 1.82) is 0 Å². The fraction of sp³-hybridized carbons (Fsp3) is 0.423. The summed E-state index contributed by atoms with van der Waals surface area (Å²) >= 11 is 0. The third-order valence-electron chi connectivity index (χ3n) is 25.1. The molecule has 17 rings (SSSR count). The molecule has 137 heavy (non-hydrogen) atoms. The summed E-state index contributed by atoms with van der Waals surface area (Å²) in [6.07, 6.45) is -1.14. The van der Waals surface area contributed by atoms with Crippen LogP contribution in [-0.2, 0) is 23.9 Å². The standard InChI is InChI=1S/C28H34FN3O4.C27H30FN3O5.C25H28FN3O4.C24H26FN3O4/c1-17(2)20-14-21(18-6-8-19(29)9-7-18)30-22-15-24(36-25(20)22)27(35)32-12-10-31(11-13-32)26(34)23(33)16-28(3,4)5;1-17(2)20-15-21(18-3-5-19(28)6-4-18)29-22-16-23(36-24(20)22)25(32)30-9-11-31(12-10-30)26(33)27(34)7-13-35-14-8-27;1-15(2)18-13-19(16-5-7-17(26)8-6-16)27-20-14-21(33-22(18)20)23(30)28-9-11-29(12-10-28)24(31)25(3,4)32;1-14(2)18-12-19(16-4-6-17(25)7-5-16)26-20-13-21(32-22(18)20)24(31)28-10-8-27(9-11-28)23(30)15(3)29/h6-9,14-15,17,23,33H,10-13,16H2,1-5H3;3-6,15-17,34H,7-14H2,1-2H3;5-8,13-15,32H,9-12H2,1-4H3;4-7,12-15,29H,8-11H2,1-3H3/t23-;;;15-/m1..1/s1. The molecule has 0 unspecified atom stereocenters. The Kier molecular flexibility index (Phi) is 30.5. The lowest BCUT2D eigenvalue weighted by atomic mass is 9.89. The lowest BCUT2D eigenvalue weighted by Gasteiger charge is -2.40. The van der Waals surface area contributed by atoms with E-state index in [-0.39, 0.29) is 135 Å². The number of amides is 8. The summed E-state index contributed by atoms with van der Waals surface area (Å²) < 4.78 is 82.7. The first kappa shape index (κ1) is 99.9. The highest BCUT2D eigenvalue weighted by atomic mass is 19.1. The number of carbonyl (C=O) groups excluding carboxylic acids is 8. The maximum atomic E-state index is 13.4. The minimum Gasteiger partial charge on any atom is -0.449 e. The summed E-state index contributed by atoms with van der Waals surface area (Å²) in [6.45, 7) is 33.0. The van der Waals surface area contributed by atoms with Gasteiger partial charge in [-0.25, -0.2) is 37.5 Å². The lowest BCUT2D eigenvalue weighted by molar-refractivity contribution is -0.162. The predicted octanol–water partition coefficient (Wildman–Crippen LogP) is 15.7. The first-order valence-corrected chi connectivity index (χ1v) is 46.5. The van der Waals surface area contributed by atoms with Crippen molar-refractivity contribution in [2.24, 2.45) is 5.41 Å². The Labute approximate surface area is 791 Å². The normalized spacial score (nSPS) is 16.0. The molecule has 5 fully saturated rings. The third-order valence-corrected chi connectivity index (χ3v) is 25.1. The summed E-state index contributed by atoms with van der Waals surface area (Å²) in [7, 11) is 0. The van der Waals surface area contributed by atoms with E-state index in [1.807, 2.05) is 100 Å². The largest absolute Gasteiger partial charge is 0.449 e. The highest BCUT2D eigenvalue weighted by Gasteiger charge is 2.43. The molecule has 29 nitrogen and oxygen atoms in total. The van der Waals surface area contributed by atoms with Crippen molar-refractivity contribution >= 4 is 91.7 Å². The molecular formula is C104H118F4N12O17. The van der Waals surface area contributed by atoms with Gasteiger partial charge >= 0.3 is 0 Å². The minimum absolute atomic E-state index is 0.120. The second-order valence-corrected chi connectivity index (χ2v) is 38.4. The van der Waals surface area contributed by atoms with Crippen LogP contribution < -0.4 is 0 Å². The van der Waals surface area contributed by atoms with Crippen LogP contribution in [0.25, 0.3) is 89.4 Å². The molecule has 8 aromatic heterocycles. The monoisotopic (exact) mass is 1880 g/mol. The zero-order valence-electron chi connectivity index (χ0n) is 79.6. The number of rotatable bonds is 17. The number of ether oxygens (including phenoxy) is 1. The van der Waals surface area contributed by atoms with Gasteiger partial charge < -0.3 is 82.0 Å². The summed E-state index contributed by atoms with van der Waals surface area (Å²) in [5.74, 6) is -2.29. The topological polar surface area (TPSA) is 357 Å². The molecule has 33 heteroatoms. The van der Waals surface area contributed by atoms with E-state index < -0.39 is 23.4 Å². The number of piperazine rings is 4. The first-order chi connectivity index (χ1) is 65.0. The molecule has 0 aliphatic carbocycles. The minimum atomic E-state index is -1.44. The number of benzene rings is 4. The summed E-state index contributed by atoms with van der Waals surface area (Å²) in [6, 6.07) is 38.8. The van der Waals surface area contributed by atoms with Gasteiger partial charge in [-0.05, 0) is 178 Å². The van der Waals surface area contributed by atoms with Crippen molar-refractivity contribution in [3.05, 3.63) is 214 Å². The van der Waals surface area contributed by atoms with Crippen molar-refractivity contribution in [2.75, 3.05) is 118 Å². The number of fused-ring (bicyclic) bond motifs is 4. The van der Waals surface area contributed by atoms with Crippen LogP contribution in [0.1, 0.15) is 204 Å². The predicted molar refractivity (Wildman–Crippen MR) is 507 cm³/mol. The van der Waals surface area contributed by atoms with Gasteiger partial charge in [0.05, 0.1) is 22.8 Å². The molecule has 2 atom stereocenters. The Morgan fingerprint density at radius 2 is 0.599 bits per heavy atom. The molecule has 0 spiro atoms. The van der Waals surface area contributed by atoms with Gasteiger partial charge in [-0.3, -0.25) is 38.4 Å². The van der Waals surface area contributed by atoms with Crippen LogP contribution in [0.15, 0.2) is 163 Å². The molecule has 4 N–H and O–H groups in total. The fourth-order valence-corrected chi connectivity index (χ4v) is 17.3. The van der Waals surface area contributed by atoms with Crippen LogP contribution in [0.3, 0.4) is 0 Å². The van der Waals surface area contributed by atoms with Crippen molar-refractivity contribution < 1.29 is 98.7 Å². The second kappa shape index (κ2) is 41.9. The molecule has 0 saturated carbocycles. The smallest absolute Gasteiger partial charge is 0.289 e. The number of nitrogens with zero attached hydrogens (tertiary/aromatic N) is 12. The first-order valence-electron chi connectivity index (χ1n) is 46.5. The van der Waals surface area contributed by atoms with E-state index in [1.165, 1.54) is 69.3 Å². The van der Waals surface area contributed by atoms with Gasteiger partial charge in [-0.1, -0.05) is 76.2 Å². The van der Waals surface area contributed by atoms with Crippen molar-refractivity contribution in [2.45, 2.75) is 163 Å². The van der Waals surface area contributed by atoms with Crippen LogP contribution in [-0.4, -0.2) is 268 Å². The molecule has 12 aromatic rings. The molecule has 0 bridgehead atoms. The maximum absolute atomic E-state index is 13.4. The van der Waals surface area contributed by atoms with Gasteiger partial charge in [0, 0.05) is 200 Å². The van der Waals surface area contributed by atoms with Gasteiger partial charge in [0.15, 0.2) is 45.4 Å². The van der Waals surface area contributed by atoms with E-state index in [0.717, 1.165) is 44.5 Å². The Morgan fingerprint density at radius 3 is 0.839 bits per heavy atom. The Balaban J connectivity index is 0.000000146. The number of hydrogen-bond acceptors (Lipinski definition) is 21. The third kappa shape index (κ3) is 23.3. The zero-order chi connectivity index (χ0) is 98.6. The summed E-state index contributed by atoms with van der Waals surface area (Å²) in [4.78, 5) is 134. The quantitative estimate of drug-likeness (QED) is 0.0615. The molecule has 0 radical (unpaired) electrons. The van der Waals surface area contributed by atoms with E-state index in [4.69, 9.17) is 22.4 Å².